The van der Waals surface area contributed by atoms with Crippen LogP contribution >= 0.6 is 0 Å². The van der Waals surface area contributed by atoms with Crippen molar-refractivity contribution in [3.63, 3.8) is 0 Å². The van der Waals surface area contributed by atoms with Crippen LogP contribution in [0.3, 0.4) is 0 Å². The highest BCUT2D eigenvalue weighted by molar-refractivity contribution is 6.08. The van der Waals surface area contributed by atoms with E-state index in [0.717, 1.165) is 66.2 Å². The van der Waals surface area contributed by atoms with Crippen LogP contribution in [-0.4, -0.2) is 28.9 Å². The lowest BCUT2D eigenvalue weighted by molar-refractivity contribution is 0.245. The van der Waals surface area contributed by atoms with Gasteiger partial charge in [-0.25, -0.2) is 9.98 Å². The van der Waals surface area contributed by atoms with Crippen LogP contribution < -0.4 is 15.4 Å². The molecule has 9 unspecified atom stereocenters. The first kappa shape index (κ1) is 39.1. The third-order valence-electron chi connectivity index (χ3n) is 14.9. The standard InChI is InChI=1S/C58H55N5O/c1-36-26-28-41(29-27-36)56-60-55(40-20-10-5-11-21-40)61-57(62-56)50-33-45(44-31-42(38-16-6-3-7-17-38)30-43(32-44)39-18-8-4-9-19-39)35-59-58(50)63-51-24-14-12-22-46(51)48-34-49-47-23-13-15-25-52(47)64-54(49)37(2)53(48)63/h3-18,20-26,28-29,32,34-37,39,42-43,45,54-56,60H,19,27,30-31,33H2,1-2H3,(H,61,62). The van der Waals surface area contributed by atoms with Crippen molar-refractivity contribution in [3.05, 3.63) is 202 Å². The first-order chi connectivity index (χ1) is 31.5. The number of benzene rings is 4. The van der Waals surface area contributed by atoms with Crippen molar-refractivity contribution in [1.29, 1.82) is 0 Å². The van der Waals surface area contributed by atoms with Crippen LogP contribution in [0.2, 0.25) is 0 Å². The van der Waals surface area contributed by atoms with Crippen molar-refractivity contribution in [3.8, 4) is 5.75 Å². The fourth-order valence-electron chi connectivity index (χ4n) is 11.6. The SMILES string of the molecule is CC1C=CC(C2NC(C3=C(n4c5c(c6ccccc64)C=C4c6ccccc6OC4C5C)N=CC(C4=CC(C5C=CC=CC5)CC(c5ccccc5)C4)C3)=NC(c3ccccc3)N2)=CC1. The van der Waals surface area contributed by atoms with Crippen LogP contribution in [0.15, 0.2) is 185 Å². The number of rotatable bonds is 7. The molecule has 318 valence electrons. The average Bonchev–Trinajstić information content (AvgIpc) is 3.91. The summed E-state index contributed by atoms with van der Waals surface area (Å²) in [5.41, 5.74) is 12.6. The zero-order chi connectivity index (χ0) is 42.7. The second kappa shape index (κ2) is 16.2. The summed E-state index contributed by atoms with van der Waals surface area (Å²) in [5, 5.41) is 9.14. The Bertz CT molecular complexity index is 2920. The van der Waals surface area contributed by atoms with E-state index in [0.29, 0.717) is 23.7 Å². The second-order valence-electron chi connectivity index (χ2n) is 18.9. The molecule has 6 heteroatoms. The molecule has 0 amide bonds. The summed E-state index contributed by atoms with van der Waals surface area (Å²) in [5.74, 6) is 4.89. The fraction of sp³-hybridized carbons (Fsp3) is 0.276. The summed E-state index contributed by atoms with van der Waals surface area (Å²) in [6.07, 6.45) is 28.2. The van der Waals surface area contributed by atoms with Gasteiger partial charge in [0.25, 0.3) is 0 Å². The van der Waals surface area contributed by atoms with Gasteiger partial charge in [0, 0.05) is 51.4 Å². The summed E-state index contributed by atoms with van der Waals surface area (Å²) < 4.78 is 9.28. The Morgan fingerprint density at radius 1 is 0.781 bits per heavy atom. The molecule has 5 aromatic rings. The van der Waals surface area contributed by atoms with Gasteiger partial charge in [-0.3, -0.25) is 9.88 Å². The number of para-hydroxylation sites is 2. The molecule has 0 radical (unpaired) electrons. The van der Waals surface area contributed by atoms with Gasteiger partial charge in [-0.2, -0.15) is 0 Å². The number of fused-ring (bicyclic) bond motifs is 6. The molecule has 0 bridgehead atoms. The number of nitrogens with one attached hydrogen (secondary N) is 2. The smallest absolute Gasteiger partial charge is 0.143 e. The van der Waals surface area contributed by atoms with E-state index in [-0.39, 0.29) is 30.3 Å². The Balaban J connectivity index is 1.03. The summed E-state index contributed by atoms with van der Waals surface area (Å²) in [6.45, 7) is 4.62. The Labute approximate surface area is 377 Å². The molecule has 0 fully saturated rings. The number of amidine groups is 1. The van der Waals surface area contributed by atoms with Crippen LogP contribution in [0.4, 0.5) is 0 Å². The van der Waals surface area contributed by atoms with Gasteiger partial charge in [-0.05, 0) is 90.7 Å². The summed E-state index contributed by atoms with van der Waals surface area (Å²) in [4.78, 5) is 11.3. The van der Waals surface area contributed by atoms with Gasteiger partial charge in [0.2, 0.25) is 0 Å². The molecule has 0 saturated carbocycles. The van der Waals surface area contributed by atoms with E-state index in [1.807, 2.05) is 0 Å². The Morgan fingerprint density at radius 3 is 2.39 bits per heavy atom. The predicted octanol–water partition coefficient (Wildman–Crippen LogP) is 12.7. The van der Waals surface area contributed by atoms with E-state index in [1.54, 1.807) is 0 Å². The predicted molar refractivity (Wildman–Crippen MR) is 263 cm³/mol. The van der Waals surface area contributed by atoms with Crippen molar-refractivity contribution in [2.24, 2.45) is 33.7 Å². The number of allylic oxidation sites excluding steroid dienone is 8. The van der Waals surface area contributed by atoms with Gasteiger partial charge < -0.3 is 10.1 Å². The third kappa shape index (κ3) is 6.91. The molecule has 0 spiro atoms. The van der Waals surface area contributed by atoms with Gasteiger partial charge in [-0.1, -0.05) is 165 Å². The molecule has 9 atom stereocenters. The van der Waals surface area contributed by atoms with Gasteiger partial charge >= 0.3 is 0 Å². The molecule has 7 aliphatic rings. The van der Waals surface area contributed by atoms with Crippen LogP contribution in [0.5, 0.6) is 5.75 Å². The molecule has 1 aromatic heterocycles. The van der Waals surface area contributed by atoms with Crippen LogP contribution in [-0.2, 0) is 0 Å². The fourth-order valence-corrected chi connectivity index (χ4v) is 11.6. The van der Waals surface area contributed by atoms with E-state index in [4.69, 9.17) is 14.7 Å². The molecule has 4 aliphatic carbocycles. The van der Waals surface area contributed by atoms with Crippen LogP contribution in [0, 0.1) is 23.7 Å². The monoisotopic (exact) mass is 837 g/mol. The van der Waals surface area contributed by atoms with Crippen molar-refractivity contribution < 1.29 is 4.74 Å². The van der Waals surface area contributed by atoms with E-state index in [9.17, 15) is 0 Å². The Kier molecular flexibility index (Phi) is 9.93. The maximum atomic E-state index is 6.81. The average molecular weight is 838 g/mol. The highest BCUT2D eigenvalue weighted by Gasteiger charge is 2.42. The molecule has 64 heavy (non-hydrogen) atoms. The molecule has 4 heterocycles. The normalized spacial score (nSPS) is 29.2. The van der Waals surface area contributed by atoms with E-state index in [2.05, 4.69) is 199 Å². The van der Waals surface area contributed by atoms with Gasteiger partial charge in [0.05, 0.1) is 5.52 Å². The molecular formula is C58H55N5O. The molecule has 3 aliphatic heterocycles. The largest absolute Gasteiger partial charge is 0.484 e. The highest BCUT2D eigenvalue weighted by Crippen LogP contribution is 2.52. The molecule has 0 saturated heterocycles. The summed E-state index contributed by atoms with van der Waals surface area (Å²) in [6, 6.07) is 39.3. The van der Waals surface area contributed by atoms with Gasteiger partial charge in [0.1, 0.15) is 35.8 Å². The quantitative estimate of drug-likeness (QED) is 0.161. The number of ether oxygens (including phenoxy) is 1. The van der Waals surface area contributed by atoms with E-state index in [1.165, 1.54) is 44.5 Å². The number of hydrogen-bond acceptors (Lipinski definition) is 5. The van der Waals surface area contributed by atoms with Crippen LogP contribution in [0.25, 0.3) is 28.4 Å². The number of aromatic nitrogens is 1. The summed E-state index contributed by atoms with van der Waals surface area (Å²) >= 11 is 0. The summed E-state index contributed by atoms with van der Waals surface area (Å²) in [7, 11) is 0. The molecular weight excluding hydrogens is 783 g/mol. The lowest BCUT2D eigenvalue weighted by atomic mass is 9.69. The third-order valence-corrected chi connectivity index (χ3v) is 14.9. The zero-order valence-corrected chi connectivity index (χ0v) is 36.6. The highest BCUT2D eigenvalue weighted by atomic mass is 16.5. The Hall–Kier alpha value is -6.50. The van der Waals surface area contributed by atoms with Crippen molar-refractivity contribution in [1.82, 2.24) is 15.2 Å². The van der Waals surface area contributed by atoms with E-state index < -0.39 is 0 Å². The first-order valence-corrected chi connectivity index (χ1v) is 23.6. The van der Waals surface area contributed by atoms with Crippen molar-refractivity contribution >= 4 is 40.4 Å². The molecule has 4 aromatic carbocycles. The minimum absolute atomic E-state index is 0.0646. The number of aliphatic imine (C=N–C) groups is 2. The number of hydrogen-bond donors (Lipinski definition) is 2. The topological polar surface area (TPSA) is 62.9 Å². The van der Waals surface area contributed by atoms with E-state index >= 15 is 0 Å². The lowest BCUT2D eigenvalue weighted by Gasteiger charge is -2.38. The van der Waals surface area contributed by atoms with Gasteiger partial charge in [0.15, 0.2) is 0 Å². The maximum Gasteiger partial charge on any atom is 0.143 e. The Morgan fingerprint density at radius 2 is 1.58 bits per heavy atom. The lowest BCUT2D eigenvalue weighted by Crippen LogP contribution is -2.52. The maximum absolute atomic E-state index is 6.81. The second-order valence-corrected chi connectivity index (χ2v) is 18.9. The van der Waals surface area contributed by atoms with Crippen molar-refractivity contribution in [2.75, 3.05) is 0 Å². The molecule has 6 nitrogen and oxygen atoms in total. The minimum atomic E-state index is -0.244. The van der Waals surface area contributed by atoms with Crippen LogP contribution in [0.1, 0.15) is 91.9 Å². The molecule has 2 N–H and O–H groups in total. The van der Waals surface area contributed by atoms with Crippen molar-refractivity contribution in [2.45, 2.75) is 76.2 Å². The molecule has 12 rings (SSSR count). The number of nitrogens with zero attached hydrogens (tertiary/aromatic N) is 3. The minimum Gasteiger partial charge on any atom is -0.484 e. The first-order valence-electron chi connectivity index (χ1n) is 23.6. The zero-order valence-electron chi connectivity index (χ0n) is 36.6. The van der Waals surface area contributed by atoms with Gasteiger partial charge in [-0.15, -0.1) is 0 Å².